The van der Waals surface area contributed by atoms with E-state index in [1.54, 1.807) is 0 Å². The number of benzene rings is 2. The maximum atomic E-state index is 12.5. The Morgan fingerprint density at radius 1 is 1.00 bits per heavy atom. The third-order valence-electron chi connectivity index (χ3n) is 3.61. The number of aromatic amines is 1. The average molecular weight is 319 g/mol. The van der Waals surface area contributed by atoms with Crippen molar-refractivity contribution in [3.8, 4) is 0 Å². The molecule has 2 aromatic carbocycles. The van der Waals surface area contributed by atoms with Crippen molar-refractivity contribution in [2.24, 2.45) is 0 Å². The van der Waals surface area contributed by atoms with Crippen LogP contribution >= 0.6 is 0 Å². The number of hydrogen-bond acceptors (Lipinski definition) is 2. The number of fused-ring (bicyclic) bond motifs is 1. The van der Waals surface area contributed by atoms with E-state index < -0.39 is 11.7 Å². The molecule has 120 valence electrons. The average Bonchev–Trinajstić information content (AvgIpc) is 2.86. The first-order chi connectivity index (χ1) is 10.9. The lowest BCUT2D eigenvalue weighted by Crippen LogP contribution is -2.13. The fourth-order valence-corrected chi connectivity index (χ4v) is 2.45. The molecule has 6 heteroatoms. The van der Waals surface area contributed by atoms with E-state index in [0.29, 0.717) is 13.1 Å². The summed E-state index contributed by atoms with van der Waals surface area (Å²) < 4.78 is 37.5. The maximum absolute atomic E-state index is 12.5. The van der Waals surface area contributed by atoms with Crippen LogP contribution in [0.3, 0.4) is 0 Å². The number of halogens is 3. The highest BCUT2D eigenvalue weighted by molar-refractivity contribution is 5.75. The van der Waals surface area contributed by atoms with E-state index in [1.165, 1.54) is 12.1 Å². The lowest BCUT2D eigenvalue weighted by Gasteiger charge is -2.08. The topological polar surface area (TPSA) is 40.7 Å². The molecule has 3 rings (SSSR count). The van der Waals surface area contributed by atoms with Gasteiger partial charge in [0.15, 0.2) is 0 Å². The SMILES string of the molecule is Cc1nc2cc(CNCc3ccc(C(F)(F)F)cc3)ccc2[nH]1. The highest BCUT2D eigenvalue weighted by Gasteiger charge is 2.29. The first kappa shape index (κ1) is 15.6. The van der Waals surface area contributed by atoms with Gasteiger partial charge in [0, 0.05) is 13.1 Å². The van der Waals surface area contributed by atoms with Crippen LogP contribution in [0.5, 0.6) is 0 Å². The van der Waals surface area contributed by atoms with Crippen molar-refractivity contribution in [2.75, 3.05) is 0 Å². The molecule has 0 aliphatic heterocycles. The second-order valence-electron chi connectivity index (χ2n) is 5.47. The highest BCUT2D eigenvalue weighted by atomic mass is 19.4. The van der Waals surface area contributed by atoms with Crippen LogP contribution in [0.25, 0.3) is 11.0 Å². The summed E-state index contributed by atoms with van der Waals surface area (Å²) in [4.78, 5) is 7.54. The van der Waals surface area contributed by atoms with Gasteiger partial charge in [0.1, 0.15) is 5.82 Å². The predicted octanol–water partition coefficient (Wildman–Crippen LogP) is 4.18. The quantitative estimate of drug-likeness (QED) is 0.757. The Morgan fingerprint density at radius 2 is 1.65 bits per heavy atom. The predicted molar refractivity (Wildman–Crippen MR) is 82.8 cm³/mol. The second kappa shape index (κ2) is 6.04. The van der Waals surface area contributed by atoms with Crippen molar-refractivity contribution in [2.45, 2.75) is 26.2 Å². The van der Waals surface area contributed by atoms with Crippen molar-refractivity contribution in [1.29, 1.82) is 0 Å². The summed E-state index contributed by atoms with van der Waals surface area (Å²) in [6, 6.07) is 11.2. The number of aromatic nitrogens is 2. The number of nitrogens with one attached hydrogen (secondary N) is 2. The van der Waals surface area contributed by atoms with Gasteiger partial charge in [-0.25, -0.2) is 4.98 Å². The Bertz CT molecular complexity index is 804. The van der Waals surface area contributed by atoms with Gasteiger partial charge in [0.2, 0.25) is 0 Å². The molecule has 0 fully saturated rings. The van der Waals surface area contributed by atoms with E-state index in [0.717, 1.165) is 40.1 Å². The minimum Gasteiger partial charge on any atom is -0.342 e. The molecule has 3 nitrogen and oxygen atoms in total. The van der Waals surface area contributed by atoms with Crippen LogP contribution in [0.2, 0.25) is 0 Å². The van der Waals surface area contributed by atoms with Gasteiger partial charge in [0.05, 0.1) is 16.6 Å². The fraction of sp³-hybridized carbons (Fsp3) is 0.235. The molecule has 0 aliphatic rings. The van der Waals surface area contributed by atoms with Gasteiger partial charge in [0.25, 0.3) is 0 Å². The van der Waals surface area contributed by atoms with Gasteiger partial charge in [-0.2, -0.15) is 13.2 Å². The lowest BCUT2D eigenvalue weighted by atomic mass is 10.1. The van der Waals surface area contributed by atoms with Crippen molar-refractivity contribution < 1.29 is 13.2 Å². The largest absolute Gasteiger partial charge is 0.416 e. The van der Waals surface area contributed by atoms with Crippen molar-refractivity contribution >= 4 is 11.0 Å². The summed E-state index contributed by atoms with van der Waals surface area (Å²) in [5.41, 5.74) is 3.18. The van der Waals surface area contributed by atoms with Gasteiger partial charge < -0.3 is 10.3 Å². The van der Waals surface area contributed by atoms with Crippen LogP contribution < -0.4 is 5.32 Å². The Morgan fingerprint density at radius 3 is 2.35 bits per heavy atom. The Balaban J connectivity index is 1.59. The summed E-state index contributed by atoms with van der Waals surface area (Å²) in [7, 11) is 0. The number of aryl methyl sites for hydroxylation is 1. The number of hydrogen-bond donors (Lipinski definition) is 2. The Hall–Kier alpha value is -2.34. The molecule has 0 saturated heterocycles. The van der Waals surface area contributed by atoms with E-state index in [-0.39, 0.29) is 0 Å². The van der Waals surface area contributed by atoms with Gasteiger partial charge in [-0.1, -0.05) is 18.2 Å². The molecule has 23 heavy (non-hydrogen) atoms. The first-order valence-electron chi connectivity index (χ1n) is 7.24. The summed E-state index contributed by atoms with van der Waals surface area (Å²) in [6.45, 7) is 3.04. The molecule has 0 radical (unpaired) electrons. The zero-order valence-electron chi connectivity index (χ0n) is 12.5. The molecule has 0 atom stereocenters. The van der Waals surface area contributed by atoms with Crippen LogP contribution in [0.4, 0.5) is 13.2 Å². The maximum Gasteiger partial charge on any atom is 0.416 e. The second-order valence-corrected chi connectivity index (χ2v) is 5.47. The fourth-order valence-electron chi connectivity index (χ4n) is 2.45. The molecule has 1 aromatic heterocycles. The van der Waals surface area contributed by atoms with Gasteiger partial charge in [-0.15, -0.1) is 0 Å². The molecular weight excluding hydrogens is 303 g/mol. The molecule has 0 spiro atoms. The van der Waals surface area contributed by atoms with Crippen LogP contribution in [-0.4, -0.2) is 9.97 Å². The molecule has 2 N–H and O–H groups in total. The van der Waals surface area contributed by atoms with Gasteiger partial charge >= 0.3 is 6.18 Å². The van der Waals surface area contributed by atoms with Crippen molar-refractivity contribution in [1.82, 2.24) is 15.3 Å². The molecule has 0 bridgehead atoms. The Labute approximate surface area is 131 Å². The van der Waals surface area contributed by atoms with E-state index in [2.05, 4.69) is 15.3 Å². The Kier molecular flexibility index (Phi) is 4.09. The summed E-state index contributed by atoms with van der Waals surface area (Å²) in [5.74, 6) is 0.870. The van der Waals surface area contributed by atoms with E-state index in [9.17, 15) is 13.2 Å². The molecule has 0 unspecified atom stereocenters. The van der Waals surface area contributed by atoms with E-state index >= 15 is 0 Å². The first-order valence-corrected chi connectivity index (χ1v) is 7.24. The van der Waals surface area contributed by atoms with E-state index in [4.69, 9.17) is 0 Å². The van der Waals surface area contributed by atoms with Gasteiger partial charge in [-0.3, -0.25) is 0 Å². The zero-order chi connectivity index (χ0) is 16.4. The third kappa shape index (κ3) is 3.71. The van der Waals surface area contributed by atoms with Crippen LogP contribution in [-0.2, 0) is 19.3 Å². The third-order valence-corrected chi connectivity index (χ3v) is 3.61. The van der Waals surface area contributed by atoms with Gasteiger partial charge in [-0.05, 0) is 42.3 Å². The summed E-state index contributed by atoms with van der Waals surface area (Å²) in [5, 5.41) is 3.23. The van der Waals surface area contributed by atoms with Crippen LogP contribution in [0, 0.1) is 6.92 Å². The minimum absolute atomic E-state index is 0.510. The molecule has 0 aliphatic carbocycles. The molecule has 0 saturated carbocycles. The summed E-state index contributed by atoms with van der Waals surface area (Å²) >= 11 is 0. The number of imidazole rings is 1. The smallest absolute Gasteiger partial charge is 0.342 e. The molecule has 0 amide bonds. The van der Waals surface area contributed by atoms with E-state index in [1.807, 2.05) is 25.1 Å². The molecule has 3 aromatic rings. The number of alkyl halides is 3. The molecular formula is C17H16F3N3. The van der Waals surface area contributed by atoms with Crippen LogP contribution in [0.15, 0.2) is 42.5 Å². The summed E-state index contributed by atoms with van der Waals surface area (Å²) in [6.07, 6.45) is -4.29. The number of rotatable bonds is 4. The number of nitrogens with zero attached hydrogens (tertiary/aromatic N) is 1. The van der Waals surface area contributed by atoms with Crippen molar-refractivity contribution in [3.63, 3.8) is 0 Å². The highest BCUT2D eigenvalue weighted by Crippen LogP contribution is 2.29. The zero-order valence-corrected chi connectivity index (χ0v) is 12.5. The van der Waals surface area contributed by atoms with Crippen molar-refractivity contribution in [3.05, 3.63) is 65.0 Å². The molecule has 1 heterocycles. The number of H-pyrrole nitrogens is 1. The normalized spacial score (nSPS) is 12.0. The lowest BCUT2D eigenvalue weighted by molar-refractivity contribution is -0.137. The monoisotopic (exact) mass is 319 g/mol. The van der Waals surface area contributed by atoms with Crippen LogP contribution in [0.1, 0.15) is 22.5 Å². The standard InChI is InChI=1S/C17H16F3N3/c1-11-22-15-7-4-13(8-16(15)23-11)10-21-9-12-2-5-14(6-3-12)17(18,19)20/h2-8,21H,9-10H2,1H3,(H,22,23). The minimum atomic E-state index is -4.29.